The van der Waals surface area contributed by atoms with Gasteiger partial charge in [0.2, 0.25) is 15.9 Å². The van der Waals surface area contributed by atoms with Gasteiger partial charge >= 0.3 is 0 Å². The number of hydrogen-bond donors (Lipinski definition) is 1. The largest absolute Gasteiger partial charge is 0.497 e. The fourth-order valence-electron chi connectivity index (χ4n) is 2.79. The van der Waals surface area contributed by atoms with Crippen LogP contribution in [0.4, 0.5) is 5.69 Å². The molecule has 8 nitrogen and oxygen atoms in total. The fourth-order valence-corrected chi connectivity index (χ4v) is 3.64. The van der Waals surface area contributed by atoms with Gasteiger partial charge < -0.3 is 19.5 Å². The van der Waals surface area contributed by atoms with E-state index in [2.05, 4.69) is 5.32 Å². The van der Waals surface area contributed by atoms with Crippen LogP contribution in [0.3, 0.4) is 0 Å². The molecule has 0 saturated carbocycles. The molecule has 0 aliphatic heterocycles. The van der Waals surface area contributed by atoms with Gasteiger partial charge in [0.1, 0.15) is 12.3 Å². The molecule has 0 heterocycles. The summed E-state index contributed by atoms with van der Waals surface area (Å²) < 4.78 is 41.2. The van der Waals surface area contributed by atoms with Gasteiger partial charge in [-0.05, 0) is 36.8 Å². The van der Waals surface area contributed by atoms with Crippen molar-refractivity contribution in [3.63, 3.8) is 0 Å². The summed E-state index contributed by atoms with van der Waals surface area (Å²) >= 11 is 0. The van der Waals surface area contributed by atoms with E-state index < -0.39 is 15.9 Å². The van der Waals surface area contributed by atoms with E-state index in [1.54, 1.807) is 50.4 Å². The first-order chi connectivity index (χ1) is 13.7. The van der Waals surface area contributed by atoms with Crippen LogP contribution in [0.1, 0.15) is 18.5 Å². The molecular formula is C20H26N2O6S. The minimum atomic E-state index is -3.68. The predicted octanol–water partition coefficient (Wildman–Crippen LogP) is 2.36. The van der Waals surface area contributed by atoms with Gasteiger partial charge in [0.15, 0.2) is 11.5 Å². The number of carbonyl (C=O) groups is 1. The number of sulfonamides is 1. The lowest BCUT2D eigenvalue weighted by Crippen LogP contribution is -2.41. The van der Waals surface area contributed by atoms with Crippen LogP contribution in [0.2, 0.25) is 0 Å². The van der Waals surface area contributed by atoms with Crippen LogP contribution in [0, 0.1) is 0 Å². The number of carbonyl (C=O) groups excluding carboxylic acids is 1. The topological polar surface area (TPSA) is 94.2 Å². The van der Waals surface area contributed by atoms with Gasteiger partial charge in [-0.1, -0.05) is 12.1 Å². The van der Waals surface area contributed by atoms with Crippen LogP contribution in [0.25, 0.3) is 0 Å². The summed E-state index contributed by atoms with van der Waals surface area (Å²) in [7, 11) is 0.883. The maximum Gasteiger partial charge on any atom is 0.241 e. The highest BCUT2D eigenvalue weighted by molar-refractivity contribution is 7.92. The van der Waals surface area contributed by atoms with E-state index in [1.807, 2.05) is 6.07 Å². The summed E-state index contributed by atoms with van der Waals surface area (Å²) in [4.78, 5) is 12.6. The molecule has 0 spiro atoms. The van der Waals surface area contributed by atoms with Crippen LogP contribution in [-0.4, -0.2) is 48.5 Å². The van der Waals surface area contributed by atoms with E-state index in [1.165, 1.54) is 14.2 Å². The van der Waals surface area contributed by atoms with E-state index >= 15 is 0 Å². The molecular weight excluding hydrogens is 396 g/mol. The molecule has 0 bridgehead atoms. The van der Waals surface area contributed by atoms with Crippen molar-refractivity contribution in [1.82, 2.24) is 5.32 Å². The number of nitrogens with zero attached hydrogens (tertiary/aromatic N) is 1. The van der Waals surface area contributed by atoms with Crippen molar-refractivity contribution < 1.29 is 27.4 Å². The minimum Gasteiger partial charge on any atom is -0.497 e. The van der Waals surface area contributed by atoms with Crippen LogP contribution >= 0.6 is 0 Å². The summed E-state index contributed by atoms with van der Waals surface area (Å²) in [6.45, 7) is 1.44. The Morgan fingerprint density at radius 3 is 2.31 bits per heavy atom. The van der Waals surface area contributed by atoms with Gasteiger partial charge in [-0.15, -0.1) is 0 Å². The van der Waals surface area contributed by atoms with Crippen molar-refractivity contribution in [2.45, 2.75) is 13.0 Å². The second kappa shape index (κ2) is 9.51. The maximum atomic E-state index is 12.6. The Labute approximate surface area is 171 Å². The molecule has 0 aliphatic carbocycles. The molecule has 0 aliphatic rings. The van der Waals surface area contributed by atoms with Crippen LogP contribution in [0.5, 0.6) is 17.2 Å². The van der Waals surface area contributed by atoms with E-state index in [4.69, 9.17) is 14.2 Å². The summed E-state index contributed by atoms with van der Waals surface area (Å²) in [6, 6.07) is 11.5. The molecule has 0 fully saturated rings. The van der Waals surface area contributed by atoms with E-state index in [-0.39, 0.29) is 12.6 Å². The number of rotatable bonds is 9. The second-order valence-electron chi connectivity index (χ2n) is 6.37. The zero-order chi connectivity index (χ0) is 21.6. The average molecular weight is 423 g/mol. The molecule has 0 radical (unpaired) electrons. The van der Waals surface area contributed by atoms with E-state index in [9.17, 15) is 13.2 Å². The molecule has 1 atom stereocenters. The van der Waals surface area contributed by atoms with Gasteiger partial charge in [0.05, 0.1) is 39.3 Å². The summed E-state index contributed by atoms with van der Waals surface area (Å²) in [6.07, 6.45) is 1.05. The monoisotopic (exact) mass is 422 g/mol. The zero-order valence-electron chi connectivity index (χ0n) is 17.1. The van der Waals surface area contributed by atoms with Crippen LogP contribution in [0.15, 0.2) is 42.5 Å². The standard InChI is InChI=1S/C20H26N2O6S/c1-14(15-9-10-18(27-3)19(11-15)28-4)21-20(23)13-22(29(5,24)25)16-7-6-8-17(12-16)26-2/h6-12,14H,13H2,1-5H3,(H,21,23). The smallest absolute Gasteiger partial charge is 0.241 e. The Morgan fingerprint density at radius 1 is 1.03 bits per heavy atom. The Morgan fingerprint density at radius 2 is 1.72 bits per heavy atom. The van der Waals surface area contributed by atoms with Gasteiger partial charge in [0.25, 0.3) is 0 Å². The second-order valence-corrected chi connectivity index (χ2v) is 8.28. The highest BCUT2D eigenvalue weighted by Gasteiger charge is 2.22. The number of nitrogens with one attached hydrogen (secondary N) is 1. The third-order valence-corrected chi connectivity index (χ3v) is 5.45. The Bertz CT molecular complexity index is 961. The molecule has 29 heavy (non-hydrogen) atoms. The molecule has 0 saturated heterocycles. The van der Waals surface area contributed by atoms with Crippen molar-refractivity contribution in [1.29, 1.82) is 0 Å². The molecule has 1 unspecified atom stereocenters. The number of benzene rings is 2. The minimum absolute atomic E-state index is 0.348. The molecule has 2 aromatic rings. The average Bonchev–Trinajstić information content (AvgIpc) is 2.70. The van der Waals surface area contributed by atoms with Gasteiger partial charge in [-0.2, -0.15) is 0 Å². The lowest BCUT2D eigenvalue weighted by atomic mass is 10.1. The van der Waals surface area contributed by atoms with E-state index in [0.29, 0.717) is 22.9 Å². The van der Waals surface area contributed by atoms with Gasteiger partial charge in [-0.25, -0.2) is 8.42 Å². The lowest BCUT2D eigenvalue weighted by molar-refractivity contribution is -0.120. The fraction of sp³-hybridized carbons (Fsp3) is 0.350. The first-order valence-electron chi connectivity index (χ1n) is 8.82. The summed E-state index contributed by atoms with van der Waals surface area (Å²) in [5.41, 5.74) is 1.14. The zero-order valence-corrected chi connectivity index (χ0v) is 17.9. The molecule has 1 N–H and O–H groups in total. The molecule has 158 valence electrons. The van der Waals surface area contributed by atoms with Crippen molar-refractivity contribution in [3.05, 3.63) is 48.0 Å². The normalized spacial score (nSPS) is 12.0. The first kappa shape index (κ1) is 22.4. The highest BCUT2D eigenvalue weighted by Crippen LogP contribution is 2.30. The van der Waals surface area contributed by atoms with Crippen molar-refractivity contribution in [2.75, 3.05) is 38.4 Å². The van der Waals surface area contributed by atoms with Crippen molar-refractivity contribution in [2.24, 2.45) is 0 Å². The quantitative estimate of drug-likeness (QED) is 0.667. The SMILES string of the molecule is COc1cccc(N(CC(=O)NC(C)c2ccc(OC)c(OC)c2)S(C)(=O)=O)c1. The third-order valence-electron chi connectivity index (χ3n) is 4.31. The number of anilines is 1. The molecule has 2 aromatic carbocycles. The van der Waals surface area contributed by atoms with Crippen LogP contribution in [-0.2, 0) is 14.8 Å². The third kappa shape index (κ3) is 5.77. The number of hydrogen-bond acceptors (Lipinski definition) is 6. The highest BCUT2D eigenvalue weighted by atomic mass is 32.2. The lowest BCUT2D eigenvalue weighted by Gasteiger charge is -2.24. The van der Waals surface area contributed by atoms with Crippen molar-refractivity contribution >= 4 is 21.6 Å². The van der Waals surface area contributed by atoms with Crippen LogP contribution < -0.4 is 23.8 Å². The summed E-state index contributed by atoms with van der Waals surface area (Å²) in [5.74, 6) is 1.17. The molecule has 1 amide bonds. The van der Waals surface area contributed by atoms with E-state index in [0.717, 1.165) is 16.1 Å². The molecule has 0 aromatic heterocycles. The number of amides is 1. The molecule has 9 heteroatoms. The van der Waals surface area contributed by atoms with Gasteiger partial charge in [0, 0.05) is 6.07 Å². The number of methoxy groups -OCH3 is 3. The Balaban J connectivity index is 2.18. The Kier molecular flexibility index (Phi) is 7.33. The maximum absolute atomic E-state index is 12.6. The number of ether oxygens (including phenoxy) is 3. The summed E-state index contributed by atoms with van der Waals surface area (Å²) in [5, 5.41) is 2.81. The van der Waals surface area contributed by atoms with Gasteiger partial charge in [-0.3, -0.25) is 9.10 Å². The predicted molar refractivity (Wildman–Crippen MR) is 111 cm³/mol. The Hall–Kier alpha value is -2.94. The van der Waals surface area contributed by atoms with Crippen molar-refractivity contribution in [3.8, 4) is 17.2 Å². The molecule has 2 rings (SSSR count). The first-order valence-corrected chi connectivity index (χ1v) is 10.7.